The van der Waals surface area contributed by atoms with Crippen molar-refractivity contribution >= 4 is 40.5 Å². The fourth-order valence-corrected chi connectivity index (χ4v) is 1.52. The van der Waals surface area contributed by atoms with Gasteiger partial charge in [-0.15, -0.1) is 0 Å². The number of rotatable bonds is 3. The normalized spacial score (nSPS) is 13.2. The fraction of sp³-hybridized carbons (Fsp3) is 0.250. The van der Waals surface area contributed by atoms with Crippen LogP contribution in [0.25, 0.3) is 0 Å². The van der Waals surface area contributed by atoms with Gasteiger partial charge in [0, 0.05) is 0 Å². The van der Waals surface area contributed by atoms with Crippen LogP contribution in [-0.2, 0) is 0 Å². The number of hydrogen-bond acceptors (Lipinski definition) is 3. The monoisotopic (exact) mass is 323 g/mol. The highest BCUT2D eigenvalue weighted by Crippen LogP contribution is 2.38. The minimum absolute atomic E-state index is 0.319. The van der Waals surface area contributed by atoms with E-state index in [1.54, 1.807) is 0 Å². The van der Waals surface area contributed by atoms with E-state index in [1.807, 2.05) is 0 Å². The Kier molecular flexibility index (Phi) is 4.52. The zero-order valence-electron chi connectivity index (χ0n) is 8.17. The maximum Gasteiger partial charge on any atom is 0.440 e. The predicted octanol–water partition coefficient (Wildman–Crippen LogP) is 4.41. The van der Waals surface area contributed by atoms with Crippen LogP contribution in [0.4, 0.5) is 18.9 Å². The quantitative estimate of drug-likeness (QED) is 0.470. The van der Waals surface area contributed by atoms with E-state index in [0.717, 1.165) is 6.07 Å². The molecule has 0 amide bonds. The van der Waals surface area contributed by atoms with E-state index in [0.29, 0.717) is 6.07 Å². The Morgan fingerprint density at radius 3 is 2.28 bits per heavy atom. The Hall–Kier alpha value is -0.920. The van der Waals surface area contributed by atoms with E-state index in [1.165, 1.54) is 0 Å². The van der Waals surface area contributed by atoms with Crippen LogP contribution in [-0.4, -0.2) is 16.7 Å². The van der Waals surface area contributed by atoms with Gasteiger partial charge in [-0.1, -0.05) is 34.8 Å². The molecule has 1 unspecified atom stereocenters. The standard InChI is InChI=1S/C8H3Cl3F3NO3/c9-3-1-4(10)6(2-5(3)15(16)17)18-7(11)8(12,13)14/h1-2,7H. The van der Waals surface area contributed by atoms with Gasteiger partial charge in [0.25, 0.3) is 11.3 Å². The van der Waals surface area contributed by atoms with E-state index < -0.39 is 28.1 Å². The Morgan fingerprint density at radius 2 is 1.83 bits per heavy atom. The van der Waals surface area contributed by atoms with Crippen LogP contribution in [0.15, 0.2) is 12.1 Å². The molecule has 0 fully saturated rings. The lowest BCUT2D eigenvalue weighted by Gasteiger charge is -2.16. The summed E-state index contributed by atoms with van der Waals surface area (Å²) in [6.45, 7) is 0. The molecule has 1 aromatic rings. The van der Waals surface area contributed by atoms with E-state index >= 15 is 0 Å². The zero-order valence-corrected chi connectivity index (χ0v) is 10.4. The van der Waals surface area contributed by atoms with Crippen molar-refractivity contribution < 1.29 is 22.8 Å². The van der Waals surface area contributed by atoms with Gasteiger partial charge < -0.3 is 4.74 Å². The Labute approximate surface area is 113 Å². The third-order valence-electron chi connectivity index (χ3n) is 1.69. The third-order valence-corrected chi connectivity index (χ3v) is 2.62. The second-order valence-corrected chi connectivity index (χ2v) is 4.18. The van der Waals surface area contributed by atoms with Crippen molar-refractivity contribution in [2.75, 3.05) is 0 Å². The van der Waals surface area contributed by atoms with Gasteiger partial charge in [-0.05, 0) is 6.07 Å². The van der Waals surface area contributed by atoms with Crippen molar-refractivity contribution in [1.82, 2.24) is 0 Å². The summed E-state index contributed by atoms with van der Waals surface area (Å²) in [5.41, 5.74) is -3.31. The van der Waals surface area contributed by atoms with E-state index in [9.17, 15) is 23.3 Å². The number of halogens is 6. The number of hydrogen-bond donors (Lipinski definition) is 0. The van der Waals surface area contributed by atoms with Crippen molar-refractivity contribution in [3.05, 3.63) is 32.3 Å². The molecule has 100 valence electrons. The highest BCUT2D eigenvalue weighted by Gasteiger charge is 2.41. The Balaban J connectivity index is 3.10. The van der Waals surface area contributed by atoms with Gasteiger partial charge in [0.2, 0.25) is 0 Å². The van der Waals surface area contributed by atoms with Gasteiger partial charge in [0.1, 0.15) is 10.8 Å². The molecule has 0 heterocycles. The fourth-order valence-electron chi connectivity index (χ4n) is 0.927. The van der Waals surface area contributed by atoms with E-state index in [4.69, 9.17) is 34.8 Å². The van der Waals surface area contributed by atoms with E-state index in [2.05, 4.69) is 4.74 Å². The molecule has 0 saturated heterocycles. The van der Waals surface area contributed by atoms with Crippen molar-refractivity contribution in [3.63, 3.8) is 0 Å². The highest BCUT2D eigenvalue weighted by molar-refractivity contribution is 6.36. The van der Waals surface area contributed by atoms with Gasteiger partial charge in [-0.2, -0.15) is 13.2 Å². The van der Waals surface area contributed by atoms with Crippen LogP contribution in [0.5, 0.6) is 5.75 Å². The van der Waals surface area contributed by atoms with Crippen LogP contribution < -0.4 is 4.74 Å². The van der Waals surface area contributed by atoms with Crippen LogP contribution in [0.3, 0.4) is 0 Å². The lowest BCUT2D eigenvalue weighted by Crippen LogP contribution is -2.28. The van der Waals surface area contributed by atoms with Crippen molar-refractivity contribution in [2.24, 2.45) is 0 Å². The Bertz CT molecular complexity index is 481. The molecule has 0 aliphatic carbocycles. The molecule has 0 spiro atoms. The first-order valence-corrected chi connectivity index (χ1v) is 5.33. The average molecular weight is 324 g/mol. The van der Waals surface area contributed by atoms with Crippen molar-refractivity contribution in [3.8, 4) is 5.75 Å². The molecular weight excluding hydrogens is 321 g/mol. The lowest BCUT2D eigenvalue weighted by atomic mass is 10.3. The zero-order chi connectivity index (χ0) is 14.1. The maximum atomic E-state index is 12.1. The molecule has 0 bridgehead atoms. The summed E-state index contributed by atoms with van der Waals surface area (Å²) >= 11 is 16.0. The smallest absolute Gasteiger partial charge is 0.440 e. The summed E-state index contributed by atoms with van der Waals surface area (Å²) in [6, 6.07) is 1.57. The molecule has 4 nitrogen and oxygen atoms in total. The topological polar surface area (TPSA) is 52.4 Å². The first kappa shape index (κ1) is 15.1. The number of ether oxygens (including phenoxy) is 1. The van der Waals surface area contributed by atoms with Crippen LogP contribution in [0.1, 0.15) is 0 Å². The summed E-state index contributed by atoms with van der Waals surface area (Å²) < 4.78 is 40.7. The molecule has 10 heteroatoms. The number of nitro groups is 1. The summed E-state index contributed by atoms with van der Waals surface area (Å²) in [5, 5.41) is 9.89. The Morgan fingerprint density at radius 1 is 1.28 bits per heavy atom. The SMILES string of the molecule is O=[N+]([O-])c1cc(OC(Cl)C(F)(F)F)c(Cl)cc1Cl. The average Bonchev–Trinajstić information content (AvgIpc) is 2.19. The van der Waals surface area contributed by atoms with Crippen molar-refractivity contribution in [2.45, 2.75) is 11.7 Å². The molecule has 0 N–H and O–H groups in total. The number of nitrogens with zero attached hydrogens (tertiary/aromatic N) is 1. The minimum Gasteiger partial charge on any atom is -0.463 e. The second kappa shape index (κ2) is 5.38. The summed E-state index contributed by atoms with van der Waals surface area (Å²) in [7, 11) is 0. The summed E-state index contributed by atoms with van der Waals surface area (Å²) in [4.78, 5) is 9.65. The van der Waals surface area contributed by atoms with Gasteiger partial charge in [-0.25, -0.2) is 0 Å². The molecule has 1 aromatic carbocycles. The minimum atomic E-state index is -4.83. The summed E-state index contributed by atoms with van der Waals surface area (Å²) in [6.07, 6.45) is -4.83. The first-order valence-electron chi connectivity index (χ1n) is 4.14. The molecule has 18 heavy (non-hydrogen) atoms. The van der Waals surface area contributed by atoms with Crippen LogP contribution >= 0.6 is 34.8 Å². The van der Waals surface area contributed by atoms with Crippen molar-refractivity contribution in [1.29, 1.82) is 0 Å². The maximum absolute atomic E-state index is 12.1. The molecule has 0 saturated carbocycles. The molecule has 1 rings (SSSR count). The van der Waals surface area contributed by atoms with Crippen LogP contribution in [0, 0.1) is 10.1 Å². The molecule has 0 radical (unpaired) electrons. The van der Waals surface area contributed by atoms with Gasteiger partial charge in [0.15, 0.2) is 0 Å². The predicted molar refractivity (Wildman–Crippen MR) is 59.4 cm³/mol. The van der Waals surface area contributed by atoms with E-state index in [-0.39, 0.29) is 10.0 Å². The number of nitro benzene ring substituents is 1. The third kappa shape index (κ3) is 3.54. The van der Waals surface area contributed by atoms with Gasteiger partial charge in [0.05, 0.1) is 16.0 Å². The molecule has 0 aromatic heterocycles. The number of benzene rings is 1. The molecule has 0 aliphatic rings. The van der Waals surface area contributed by atoms with Gasteiger partial charge >= 0.3 is 6.18 Å². The molecular formula is C8H3Cl3F3NO3. The molecule has 1 atom stereocenters. The second-order valence-electron chi connectivity index (χ2n) is 2.97. The lowest BCUT2D eigenvalue weighted by molar-refractivity contribution is -0.384. The number of alkyl halides is 4. The van der Waals surface area contributed by atoms with Crippen LogP contribution in [0.2, 0.25) is 10.0 Å². The largest absolute Gasteiger partial charge is 0.463 e. The summed E-state index contributed by atoms with van der Waals surface area (Å²) in [5.74, 6) is -0.579. The molecule has 0 aliphatic heterocycles. The first-order chi connectivity index (χ1) is 8.12. The highest BCUT2D eigenvalue weighted by atomic mass is 35.5. The van der Waals surface area contributed by atoms with Gasteiger partial charge in [-0.3, -0.25) is 10.1 Å².